The smallest absolute Gasteiger partial charge is 0.453 e. The van der Waals surface area contributed by atoms with E-state index in [1.807, 2.05) is 32.6 Å². The summed E-state index contributed by atoms with van der Waals surface area (Å²) in [4.78, 5) is 76.4. The number of piperazine rings is 1. The Kier molecular flexibility index (Phi) is 13.0. The molecule has 332 valence electrons. The van der Waals surface area contributed by atoms with E-state index in [2.05, 4.69) is 40.3 Å². The zero-order valence-electron chi connectivity index (χ0n) is 35.0. The summed E-state index contributed by atoms with van der Waals surface area (Å²) >= 11 is 6.59. The lowest BCUT2D eigenvalue weighted by Gasteiger charge is -2.40. The standard InChI is InChI=1S/C43H46ClF3N10O6/c1-23(2)37(54-42(61)62-5)41(60)57-20-24(3)14-34(57)38-50-19-32(52-38)27-8-6-26(7-9-27)29-15-30(44)31(16-35(29)63-43(45,46)47)53-39(58)28-10-11-36(49-17-28)56-13-12-55(21-25(56)4)40(59)33-18-48-22-51-33/h6-11,15-19,22-25,34,37H,12-14,20-21H2,1-5H3,(H,48,51)(H,50,52)(H,53,58)(H,54,61)/t24-,25+,34-,37-/m0/s1. The number of carbonyl (C=O) groups is 4. The van der Waals surface area contributed by atoms with Crippen LogP contribution in [0.5, 0.6) is 5.75 Å². The van der Waals surface area contributed by atoms with Crippen molar-refractivity contribution < 1.29 is 41.8 Å². The van der Waals surface area contributed by atoms with Crippen LogP contribution in [0.25, 0.3) is 22.4 Å². The second-order valence-corrected chi connectivity index (χ2v) is 16.4. The number of nitrogens with one attached hydrogen (secondary N) is 4. The molecule has 2 aliphatic rings. The molecule has 3 aromatic heterocycles. The van der Waals surface area contributed by atoms with Gasteiger partial charge in [-0.05, 0) is 54.5 Å². The number of pyridine rings is 1. The highest BCUT2D eigenvalue weighted by molar-refractivity contribution is 6.34. The zero-order chi connectivity index (χ0) is 45.2. The Labute approximate surface area is 365 Å². The molecule has 5 aromatic rings. The van der Waals surface area contributed by atoms with Crippen molar-refractivity contribution in [1.29, 1.82) is 0 Å². The van der Waals surface area contributed by atoms with Gasteiger partial charge in [0.15, 0.2) is 0 Å². The van der Waals surface area contributed by atoms with Crippen LogP contribution in [0.1, 0.15) is 66.8 Å². The van der Waals surface area contributed by atoms with E-state index in [-0.39, 0.29) is 57.6 Å². The summed E-state index contributed by atoms with van der Waals surface area (Å²) in [5.41, 5.74) is 2.06. The number of anilines is 2. The van der Waals surface area contributed by atoms with Crippen molar-refractivity contribution >= 4 is 46.9 Å². The number of nitrogens with zero attached hydrogens (tertiary/aromatic N) is 6. The number of ether oxygens (including phenoxy) is 2. The maximum Gasteiger partial charge on any atom is 0.573 e. The number of aromatic nitrogens is 5. The second-order valence-electron chi connectivity index (χ2n) is 16.0. The van der Waals surface area contributed by atoms with E-state index in [1.165, 1.54) is 31.9 Å². The van der Waals surface area contributed by atoms with Gasteiger partial charge in [0.1, 0.15) is 29.1 Å². The lowest BCUT2D eigenvalue weighted by molar-refractivity contribution is -0.274. The highest BCUT2D eigenvalue weighted by Gasteiger charge is 2.40. The minimum absolute atomic E-state index is 0.0213. The molecule has 2 aromatic carbocycles. The average Bonchev–Trinajstić information content (AvgIpc) is 4.05. The van der Waals surface area contributed by atoms with Crippen LogP contribution in [0, 0.1) is 11.8 Å². The Morgan fingerprint density at radius 3 is 2.33 bits per heavy atom. The molecule has 0 unspecified atom stereocenters. The third-order valence-electron chi connectivity index (χ3n) is 11.1. The number of methoxy groups -OCH3 is 1. The number of carbonyl (C=O) groups excluding carboxylic acids is 4. The third kappa shape index (κ3) is 10.0. The van der Waals surface area contributed by atoms with Crippen LogP contribution in [0.4, 0.5) is 29.5 Å². The number of benzene rings is 2. The molecule has 0 aliphatic carbocycles. The van der Waals surface area contributed by atoms with E-state index < -0.39 is 30.2 Å². The van der Waals surface area contributed by atoms with Gasteiger partial charge in [-0.15, -0.1) is 13.2 Å². The van der Waals surface area contributed by atoms with Gasteiger partial charge >= 0.3 is 12.5 Å². The van der Waals surface area contributed by atoms with Crippen molar-refractivity contribution in [1.82, 2.24) is 40.0 Å². The number of alkyl halides is 3. The van der Waals surface area contributed by atoms with E-state index in [0.29, 0.717) is 66.8 Å². The first-order valence-corrected chi connectivity index (χ1v) is 20.6. The number of rotatable bonds is 11. The lowest BCUT2D eigenvalue weighted by atomic mass is 10.0. The molecule has 16 nitrogen and oxygen atoms in total. The number of aromatic amines is 2. The Hall–Kier alpha value is -6.63. The van der Waals surface area contributed by atoms with Crippen molar-refractivity contribution in [2.75, 3.05) is 43.5 Å². The summed E-state index contributed by atoms with van der Waals surface area (Å²) in [6.07, 6.45) is 0.771. The van der Waals surface area contributed by atoms with Crippen molar-refractivity contribution in [3.8, 4) is 28.1 Å². The fourth-order valence-electron chi connectivity index (χ4n) is 7.90. The highest BCUT2D eigenvalue weighted by atomic mass is 35.5. The number of hydrogen-bond donors (Lipinski definition) is 4. The van der Waals surface area contributed by atoms with Gasteiger partial charge in [0.05, 0.1) is 53.8 Å². The normalized spacial score (nSPS) is 18.3. The summed E-state index contributed by atoms with van der Waals surface area (Å²) in [5, 5.41) is 5.18. The molecular formula is C43H46ClF3N10O6. The summed E-state index contributed by atoms with van der Waals surface area (Å²) in [6.45, 7) is 9.51. The third-order valence-corrected chi connectivity index (χ3v) is 11.4. The highest BCUT2D eigenvalue weighted by Crippen LogP contribution is 2.41. The van der Waals surface area contributed by atoms with Gasteiger partial charge in [-0.25, -0.2) is 19.7 Å². The maximum absolute atomic E-state index is 13.8. The average molecular weight is 891 g/mol. The van der Waals surface area contributed by atoms with Crippen LogP contribution in [-0.4, -0.2) is 110 Å². The van der Waals surface area contributed by atoms with E-state index >= 15 is 0 Å². The van der Waals surface area contributed by atoms with Crippen molar-refractivity contribution in [3.63, 3.8) is 0 Å². The first kappa shape index (κ1) is 44.4. The molecule has 0 saturated carbocycles. The van der Waals surface area contributed by atoms with Crippen molar-refractivity contribution in [2.24, 2.45) is 11.8 Å². The van der Waals surface area contributed by atoms with Crippen LogP contribution in [0.3, 0.4) is 0 Å². The number of halogens is 4. The molecule has 5 heterocycles. The number of alkyl carbamates (subject to hydrolysis) is 1. The van der Waals surface area contributed by atoms with Crippen molar-refractivity contribution in [2.45, 2.75) is 58.6 Å². The van der Waals surface area contributed by atoms with Crippen LogP contribution in [0.2, 0.25) is 5.02 Å². The SMILES string of the molecule is COC(=O)N[C@H](C(=O)N1C[C@@H](C)C[C@H]1c1ncc(-c2ccc(-c3cc(Cl)c(NC(=O)c4ccc(N5CCN(C(=O)c6cnc[nH]6)C[C@H]5C)nc4)cc3OC(F)(F)F)cc2)[nH]1)C(C)C. The summed E-state index contributed by atoms with van der Waals surface area (Å²) in [7, 11) is 1.24. The van der Waals surface area contributed by atoms with Crippen molar-refractivity contribution in [3.05, 3.63) is 95.6 Å². The Balaban J connectivity index is 1.04. The Morgan fingerprint density at radius 2 is 1.70 bits per heavy atom. The van der Waals surface area contributed by atoms with Crippen LogP contribution >= 0.6 is 11.6 Å². The number of H-pyrrole nitrogens is 2. The summed E-state index contributed by atoms with van der Waals surface area (Å²) in [5.74, 6) is -0.560. The van der Waals surface area contributed by atoms with Gasteiger partial charge in [-0.2, -0.15) is 0 Å². The molecule has 7 rings (SSSR count). The van der Waals surface area contributed by atoms with Gasteiger partial charge < -0.3 is 44.8 Å². The quantitative estimate of drug-likeness (QED) is 0.105. The summed E-state index contributed by atoms with van der Waals surface area (Å²) < 4.78 is 50.5. The van der Waals surface area contributed by atoms with Crippen LogP contribution < -0.4 is 20.3 Å². The molecular weight excluding hydrogens is 845 g/mol. The number of imidazole rings is 2. The van der Waals surface area contributed by atoms with E-state index in [0.717, 1.165) is 6.07 Å². The first-order valence-electron chi connectivity index (χ1n) is 20.2. The molecule has 0 radical (unpaired) electrons. The van der Waals surface area contributed by atoms with Crippen LogP contribution in [0.15, 0.2) is 73.4 Å². The molecule has 0 spiro atoms. The predicted octanol–water partition coefficient (Wildman–Crippen LogP) is 7.31. The lowest BCUT2D eigenvalue weighted by Crippen LogP contribution is -2.54. The molecule has 63 heavy (non-hydrogen) atoms. The number of amides is 4. The fraction of sp³-hybridized carbons (Fsp3) is 0.372. The summed E-state index contributed by atoms with van der Waals surface area (Å²) in [6, 6.07) is 10.8. The molecule has 2 saturated heterocycles. The topological polar surface area (TPSA) is 191 Å². The predicted molar refractivity (Wildman–Crippen MR) is 227 cm³/mol. The van der Waals surface area contributed by atoms with Gasteiger partial charge in [-0.1, -0.05) is 56.6 Å². The van der Waals surface area contributed by atoms with Gasteiger partial charge in [-0.3, -0.25) is 14.4 Å². The largest absolute Gasteiger partial charge is 0.573 e. The van der Waals surface area contributed by atoms with Crippen LogP contribution in [-0.2, 0) is 9.53 Å². The molecule has 4 amide bonds. The van der Waals surface area contributed by atoms with E-state index in [4.69, 9.17) is 16.3 Å². The number of likely N-dealkylation sites (tertiary alicyclic amines) is 1. The minimum atomic E-state index is -5.07. The molecule has 4 atom stereocenters. The van der Waals surface area contributed by atoms with Gasteiger partial charge in [0.2, 0.25) is 5.91 Å². The van der Waals surface area contributed by atoms with Gasteiger partial charge in [0.25, 0.3) is 11.8 Å². The van der Waals surface area contributed by atoms with E-state index in [9.17, 15) is 32.3 Å². The zero-order valence-corrected chi connectivity index (χ0v) is 35.8. The Bertz CT molecular complexity index is 2450. The fourth-order valence-corrected chi connectivity index (χ4v) is 8.11. The molecule has 2 aliphatic heterocycles. The maximum atomic E-state index is 13.8. The monoisotopic (exact) mass is 890 g/mol. The molecule has 20 heteroatoms. The van der Waals surface area contributed by atoms with E-state index in [1.54, 1.807) is 52.4 Å². The second kappa shape index (κ2) is 18.4. The number of hydrogen-bond acceptors (Lipinski definition) is 10. The van der Waals surface area contributed by atoms with Gasteiger partial charge in [0, 0.05) is 50.0 Å². The minimum Gasteiger partial charge on any atom is -0.453 e. The first-order chi connectivity index (χ1) is 30.0. The molecule has 0 bridgehead atoms. The molecule has 2 fully saturated rings. The Morgan fingerprint density at radius 1 is 0.952 bits per heavy atom. The molecule has 4 N–H and O–H groups in total.